The van der Waals surface area contributed by atoms with Crippen LogP contribution in [-0.4, -0.2) is 32.6 Å². The van der Waals surface area contributed by atoms with E-state index in [9.17, 15) is 9.18 Å². The van der Waals surface area contributed by atoms with Crippen molar-refractivity contribution in [2.45, 2.75) is 27.3 Å². The number of hydrogen-bond acceptors (Lipinski definition) is 3. The number of nitrogens with one attached hydrogen (secondary N) is 2. The molecule has 0 bridgehead atoms. The topological polar surface area (TPSA) is 44.4 Å². The standard InChI is InChI=1S/C16H26FN3O/c1-5-20(11-16(21)18-4)15-8-6-7-14(17)13(15)10-19-9-12(2)3/h6-8,12,19H,5,9-11H2,1-4H3,(H,18,21). The van der Waals surface area contributed by atoms with Crippen LogP contribution in [0.15, 0.2) is 18.2 Å². The summed E-state index contributed by atoms with van der Waals surface area (Å²) < 4.78 is 14.1. The van der Waals surface area contributed by atoms with Gasteiger partial charge in [-0.15, -0.1) is 0 Å². The first-order valence-electron chi connectivity index (χ1n) is 7.43. The van der Waals surface area contributed by atoms with Gasteiger partial charge in [-0.25, -0.2) is 4.39 Å². The number of likely N-dealkylation sites (N-methyl/N-ethyl adjacent to an activating group) is 2. The lowest BCUT2D eigenvalue weighted by atomic mass is 10.1. The van der Waals surface area contributed by atoms with Gasteiger partial charge in [-0.3, -0.25) is 4.79 Å². The van der Waals surface area contributed by atoms with Gasteiger partial charge in [-0.2, -0.15) is 0 Å². The summed E-state index contributed by atoms with van der Waals surface area (Å²) in [6.07, 6.45) is 0. The van der Waals surface area contributed by atoms with Crippen LogP contribution in [-0.2, 0) is 11.3 Å². The number of hydrogen-bond donors (Lipinski definition) is 2. The Balaban J connectivity index is 2.93. The van der Waals surface area contributed by atoms with Gasteiger partial charge in [0.25, 0.3) is 0 Å². The van der Waals surface area contributed by atoms with E-state index in [1.54, 1.807) is 13.1 Å². The maximum absolute atomic E-state index is 14.1. The van der Waals surface area contributed by atoms with Crippen molar-refractivity contribution < 1.29 is 9.18 Å². The van der Waals surface area contributed by atoms with Crippen LogP contribution >= 0.6 is 0 Å². The van der Waals surface area contributed by atoms with Crippen LogP contribution in [0.25, 0.3) is 0 Å². The van der Waals surface area contributed by atoms with E-state index in [1.807, 2.05) is 17.9 Å². The van der Waals surface area contributed by atoms with Crippen molar-refractivity contribution in [1.29, 1.82) is 0 Å². The summed E-state index contributed by atoms with van der Waals surface area (Å²) >= 11 is 0. The van der Waals surface area contributed by atoms with E-state index in [4.69, 9.17) is 0 Å². The number of nitrogens with zero attached hydrogens (tertiary/aromatic N) is 1. The van der Waals surface area contributed by atoms with Gasteiger partial charge in [0, 0.05) is 31.4 Å². The highest BCUT2D eigenvalue weighted by Gasteiger charge is 2.15. The van der Waals surface area contributed by atoms with Crippen LogP contribution in [0, 0.1) is 11.7 Å². The summed E-state index contributed by atoms with van der Waals surface area (Å²) in [6, 6.07) is 5.01. The highest BCUT2D eigenvalue weighted by Crippen LogP contribution is 2.23. The zero-order valence-electron chi connectivity index (χ0n) is 13.4. The Morgan fingerprint density at radius 2 is 2.10 bits per heavy atom. The maximum atomic E-state index is 14.1. The first-order valence-corrected chi connectivity index (χ1v) is 7.43. The molecule has 21 heavy (non-hydrogen) atoms. The number of halogens is 1. The molecule has 0 spiro atoms. The van der Waals surface area contributed by atoms with Gasteiger partial charge in [-0.1, -0.05) is 19.9 Å². The molecule has 0 aromatic heterocycles. The van der Waals surface area contributed by atoms with E-state index in [1.165, 1.54) is 6.07 Å². The fraction of sp³-hybridized carbons (Fsp3) is 0.562. The summed E-state index contributed by atoms with van der Waals surface area (Å²) in [5.74, 6) is 0.190. The summed E-state index contributed by atoms with van der Waals surface area (Å²) in [6.45, 7) is 8.35. The van der Waals surface area contributed by atoms with Crippen LogP contribution in [0.2, 0.25) is 0 Å². The third-order valence-corrected chi connectivity index (χ3v) is 3.28. The van der Waals surface area contributed by atoms with E-state index >= 15 is 0 Å². The van der Waals surface area contributed by atoms with Crippen molar-refractivity contribution >= 4 is 11.6 Å². The van der Waals surface area contributed by atoms with E-state index in [2.05, 4.69) is 24.5 Å². The van der Waals surface area contributed by atoms with Crippen LogP contribution in [0.3, 0.4) is 0 Å². The second-order valence-corrected chi connectivity index (χ2v) is 5.45. The normalized spacial score (nSPS) is 10.8. The van der Waals surface area contributed by atoms with E-state index < -0.39 is 0 Å². The zero-order chi connectivity index (χ0) is 15.8. The van der Waals surface area contributed by atoms with Crippen LogP contribution in [0.5, 0.6) is 0 Å². The molecule has 0 aliphatic rings. The van der Waals surface area contributed by atoms with E-state index in [0.29, 0.717) is 24.6 Å². The molecule has 0 fully saturated rings. The number of amides is 1. The number of rotatable bonds is 8. The molecule has 1 aromatic rings. The molecule has 1 amide bonds. The van der Waals surface area contributed by atoms with Gasteiger partial charge in [-0.05, 0) is 31.5 Å². The molecule has 1 aromatic carbocycles. The average Bonchev–Trinajstić information content (AvgIpc) is 2.46. The third kappa shape index (κ3) is 5.34. The van der Waals surface area contributed by atoms with Crippen LogP contribution in [0.1, 0.15) is 26.3 Å². The Morgan fingerprint density at radius 1 is 1.38 bits per heavy atom. The lowest BCUT2D eigenvalue weighted by molar-refractivity contribution is -0.119. The summed E-state index contributed by atoms with van der Waals surface area (Å²) in [5, 5.41) is 5.86. The highest BCUT2D eigenvalue weighted by atomic mass is 19.1. The summed E-state index contributed by atoms with van der Waals surface area (Å²) in [5.41, 5.74) is 1.39. The molecule has 0 unspecified atom stereocenters. The molecule has 4 nitrogen and oxygen atoms in total. The number of carbonyl (C=O) groups excluding carboxylic acids is 1. The third-order valence-electron chi connectivity index (χ3n) is 3.28. The van der Waals surface area contributed by atoms with E-state index in [-0.39, 0.29) is 18.3 Å². The molecule has 0 saturated heterocycles. The molecule has 0 aliphatic heterocycles. The predicted octanol–water partition coefficient (Wildman–Crippen LogP) is 2.14. The Hall–Kier alpha value is -1.62. The van der Waals surface area contributed by atoms with Gasteiger partial charge in [0.2, 0.25) is 5.91 Å². The van der Waals surface area contributed by atoms with Gasteiger partial charge in [0.15, 0.2) is 0 Å². The van der Waals surface area contributed by atoms with Crippen LogP contribution < -0.4 is 15.5 Å². The highest BCUT2D eigenvalue weighted by molar-refractivity contribution is 5.81. The van der Waals surface area contributed by atoms with Crippen molar-refractivity contribution in [2.24, 2.45) is 5.92 Å². The second kappa shape index (κ2) is 8.62. The largest absolute Gasteiger partial charge is 0.362 e. The first kappa shape index (κ1) is 17.4. The minimum absolute atomic E-state index is 0.0813. The minimum atomic E-state index is -0.237. The molecular weight excluding hydrogens is 269 g/mol. The van der Waals surface area contributed by atoms with Gasteiger partial charge < -0.3 is 15.5 Å². The number of carbonyl (C=O) groups is 1. The Bertz CT molecular complexity index is 463. The molecule has 2 N–H and O–H groups in total. The molecule has 0 atom stereocenters. The fourth-order valence-electron chi connectivity index (χ4n) is 2.12. The monoisotopic (exact) mass is 295 g/mol. The van der Waals surface area contributed by atoms with E-state index in [0.717, 1.165) is 12.2 Å². The second-order valence-electron chi connectivity index (χ2n) is 5.45. The predicted molar refractivity (Wildman–Crippen MR) is 84.9 cm³/mol. The minimum Gasteiger partial charge on any atom is -0.362 e. The smallest absolute Gasteiger partial charge is 0.239 e. The molecule has 0 aliphatic carbocycles. The van der Waals surface area contributed by atoms with Crippen molar-refractivity contribution in [3.05, 3.63) is 29.6 Å². The Morgan fingerprint density at radius 3 is 2.67 bits per heavy atom. The van der Waals surface area contributed by atoms with Crippen molar-refractivity contribution in [2.75, 3.05) is 31.6 Å². The average molecular weight is 295 g/mol. The first-order chi connectivity index (χ1) is 9.99. The van der Waals surface area contributed by atoms with Crippen LogP contribution in [0.4, 0.5) is 10.1 Å². The quantitative estimate of drug-likeness (QED) is 0.772. The lowest BCUT2D eigenvalue weighted by Crippen LogP contribution is -2.36. The van der Waals surface area contributed by atoms with Gasteiger partial charge >= 0.3 is 0 Å². The lowest BCUT2D eigenvalue weighted by Gasteiger charge is -2.25. The zero-order valence-corrected chi connectivity index (χ0v) is 13.4. The molecular formula is C16H26FN3O. The fourth-order valence-corrected chi connectivity index (χ4v) is 2.12. The van der Waals surface area contributed by atoms with Crippen molar-refractivity contribution in [3.8, 4) is 0 Å². The molecule has 5 heteroatoms. The number of anilines is 1. The van der Waals surface area contributed by atoms with Crippen molar-refractivity contribution in [1.82, 2.24) is 10.6 Å². The number of benzene rings is 1. The molecule has 0 saturated carbocycles. The van der Waals surface area contributed by atoms with Crippen molar-refractivity contribution in [3.63, 3.8) is 0 Å². The van der Waals surface area contributed by atoms with Gasteiger partial charge in [0.05, 0.1) is 6.54 Å². The molecule has 0 heterocycles. The Kier molecular flexibility index (Phi) is 7.15. The maximum Gasteiger partial charge on any atom is 0.239 e. The summed E-state index contributed by atoms with van der Waals surface area (Å²) in [4.78, 5) is 13.5. The molecule has 0 radical (unpaired) electrons. The SMILES string of the molecule is CCN(CC(=O)NC)c1cccc(F)c1CNCC(C)C. The molecule has 118 valence electrons. The van der Waals surface area contributed by atoms with Gasteiger partial charge in [0.1, 0.15) is 5.82 Å². The Labute approximate surface area is 126 Å². The summed E-state index contributed by atoms with van der Waals surface area (Å²) in [7, 11) is 1.60. The molecule has 1 rings (SSSR count).